The number of aromatic nitrogens is 4. The molecule has 0 fully saturated rings. The quantitative estimate of drug-likeness (QED) is 0.802. The van der Waals surface area contributed by atoms with Crippen LogP contribution in [0, 0.1) is 6.92 Å². The van der Waals surface area contributed by atoms with E-state index < -0.39 is 6.04 Å². The van der Waals surface area contributed by atoms with Crippen LogP contribution in [0.4, 0.5) is 0 Å². The summed E-state index contributed by atoms with van der Waals surface area (Å²) in [5.74, 6) is -0.343. The van der Waals surface area contributed by atoms with Gasteiger partial charge in [-0.25, -0.2) is 9.36 Å². The van der Waals surface area contributed by atoms with E-state index in [2.05, 4.69) is 15.5 Å². The SMILES string of the molecule is Cc1ccc(=O)n(C(C)C(=O)NCCn2ncccc2=O)n1. The van der Waals surface area contributed by atoms with Crippen molar-refractivity contribution in [2.45, 2.75) is 26.4 Å². The van der Waals surface area contributed by atoms with Crippen molar-refractivity contribution in [3.05, 3.63) is 56.9 Å². The van der Waals surface area contributed by atoms with Crippen molar-refractivity contribution in [2.75, 3.05) is 6.54 Å². The summed E-state index contributed by atoms with van der Waals surface area (Å²) in [7, 11) is 0. The summed E-state index contributed by atoms with van der Waals surface area (Å²) in [5, 5.41) is 10.6. The molecule has 0 saturated heterocycles. The lowest BCUT2D eigenvalue weighted by molar-refractivity contribution is -0.124. The summed E-state index contributed by atoms with van der Waals surface area (Å²) in [6.07, 6.45) is 1.50. The average Bonchev–Trinajstić information content (AvgIpc) is 2.50. The second kappa shape index (κ2) is 6.79. The highest BCUT2D eigenvalue weighted by Gasteiger charge is 2.16. The van der Waals surface area contributed by atoms with E-state index in [0.717, 1.165) is 4.68 Å². The molecule has 2 aromatic rings. The minimum Gasteiger partial charge on any atom is -0.352 e. The van der Waals surface area contributed by atoms with Crippen LogP contribution in [0.3, 0.4) is 0 Å². The highest BCUT2D eigenvalue weighted by molar-refractivity contribution is 5.79. The second-order valence-corrected chi connectivity index (χ2v) is 4.81. The molecule has 1 amide bonds. The third-order valence-corrected chi connectivity index (χ3v) is 3.11. The Morgan fingerprint density at radius 3 is 2.77 bits per heavy atom. The van der Waals surface area contributed by atoms with E-state index >= 15 is 0 Å². The van der Waals surface area contributed by atoms with Gasteiger partial charge in [-0.1, -0.05) is 0 Å². The fourth-order valence-corrected chi connectivity index (χ4v) is 1.90. The zero-order chi connectivity index (χ0) is 16.1. The van der Waals surface area contributed by atoms with Crippen LogP contribution in [-0.4, -0.2) is 32.0 Å². The number of hydrogen-bond donors (Lipinski definition) is 1. The third-order valence-electron chi connectivity index (χ3n) is 3.11. The Hall–Kier alpha value is -2.77. The first-order valence-corrected chi connectivity index (χ1v) is 6.85. The Morgan fingerprint density at radius 2 is 2.05 bits per heavy atom. The molecule has 8 heteroatoms. The van der Waals surface area contributed by atoms with Gasteiger partial charge < -0.3 is 5.32 Å². The maximum atomic E-state index is 12.1. The summed E-state index contributed by atoms with van der Waals surface area (Å²) in [4.78, 5) is 35.3. The van der Waals surface area contributed by atoms with Gasteiger partial charge in [-0.3, -0.25) is 14.4 Å². The molecule has 8 nitrogen and oxygen atoms in total. The lowest BCUT2D eigenvalue weighted by atomic mass is 10.3. The van der Waals surface area contributed by atoms with Crippen LogP contribution in [-0.2, 0) is 11.3 Å². The summed E-state index contributed by atoms with van der Waals surface area (Å²) in [5.41, 5.74) is 0.0786. The maximum absolute atomic E-state index is 12.1. The number of carbonyl (C=O) groups excluding carboxylic acids is 1. The van der Waals surface area contributed by atoms with Crippen molar-refractivity contribution in [2.24, 2.45) is 0 Å². The number of carbonyl (C=O) groups is 1. The zero-order valence-corrected chi connectivity index (χ0v) is 12.4. The van der Waals surface area contributed by atoms with Crippen LogP contribution in [0.1, 0.15) is 18.7 Å². The Bertz CT molecular complexity index is 780. The number of hydrogen-bond acceptors (Lipinski definition) is 5. The molecule has 0 aromatic carbocycles. The maximum Gasteiger partial charge on any atom is 0.267 e. The Labute approximate surface area is 126 Å². The standard InChI is InChI=1S/C14H17N5O3/c1-10-5-6-13(21)19(17-10)11(2)14(22)15-8-9-18-12(20)4-3-7-16-18/h3-7,11H,8-9H2,1-2H3,(H,15,22). The molecule has 22 heavy (non-hydrogen) atoms. The van der Waals surface area contributed by atoms with Gasteiger partial charge in [0.25, 0.3) is 11.1 Å². The fourth-order valence-electron chi connectivity index (χ4n) is 1.90. The molecule has 2 rings (SSSR count). The number of rotatable bonds is 5. The minimum absolute atomic E-state index is 0.235. The molecule has 0 aliphatic carbocycles. The molecule has 1 atom stereocenters. The summed E-state index contributed by atoms with van der Waals surface area (Å²) < 4.78 is 2.39. The number of nitrogens with zero attached hydrogens (tertiary/aromatic N) is 4. The van der Waals surface area contributed by atoms with Gasteiger partial charge in [0.15, 0.2) is 0 Å². The first-order chi connectivity index (χ1) is 10.5. The van der Waals surface area contributed by atoms with Crippen molar-refractivity contribution in [1.82, 2.24) is 24.9 Å². The third kappa shape index (κ3) is 3.66. The largest absolute Gasteiger partial charge is 0.352 e. The van der Waals surface area contributed by atoms with E-state index in [1.54, 1.807) is 26.0 Å². The fraction of sp³-hybridized carbons (Fsp3) is 0.357. The van der Waals surface area contributed by atoms with Crippen molar-refractivity contribution in [3.63, 3.8) is 0 Å². The summed E-state index contributed by atoms with van der Waals surface area (Å²) in [6, 6.07) is 5.19. The molecule has 0 spiro atoms. The van der Waals surface area contributed by atoms with E-state index in [0.29, 0.717) is 5.69 Å². The highest BCUT2D eigenvalue weighted by Crippen LogP contribution is 2.00. The molecule has 116 valence electrons. The summed E-state index contributed by atoms with van der Waals surface area (Å²) in [6.45, 7) is 3.83. The first kappa shape index (κ1) is 15.6. The Kier molecular flexibility index (Phi) is 4.82. The molecule has 0 saturated carbocycles. The topological polar surface area (TPSA) is 98.9 Å². The second-order valence-electron chi connectivity index (χ2n) is 4.81. The van der Waals surface area contributed by atoms with Gasteiger partial charge >= 0.3 is 0 Å². The van der Waals surface area contributed by atoms with Crippen molar-refractivity contribution in [1.29, 1.82) is 0 Å². The molecule has 1 N–H and O–H groups in total. The normalized spacial score (nSPS) is 11.9. The molecule has 2 heterocycles. The predicted octanol–water partition coefficient (Wildman–Crippen LogP) is -0.514. The van der Waals surface area contributed by atoms with E-state index in [9.17, 15) is 14.4 Å². The van der Waals surface area contributed by atoms with Crippen LogP contribution in [0.2, 0.25) is 0 Å². The van der Waals surface area contributed by atoms with Gasteiger partial charge in [-0.15, -0.1) is 0 Å². The van der Waals surface area contributed by atoms with Gasteiger partial charge in [0.05, 0.1) is 12.2 Å². The molecule has 0 radical (unpaired) electrons. The average molecular weight is 303 g/mol. The molecule has 0 aliphatic heterocycles. The lowest BCUT2D eigenvalue weighted by Gasteiger charge is -2.14. The van der Waals surface area contributed by atoms with Crippen LogP contribution < -0.4 is 16.4 Å². The van der Waals surface area contributed by atoms with E-state index in [1.807, 2.05) is 0 Å². The van der Waals surface area contributed by atoms with Crippen LogP contribution in [0.5, 0.6) is 0 Å². The van der Waals surface area contributed by atoms with Crippen molar-refractivity contribution >= 4 is 5.91 Å². The highest BCUT2D eigenvalue weighted by atomic mass is 16.2. The number of amides is 1. The van der Waals surface area contributed by atoms with Gasteiger partial charge in [0.1, 0.15) is 6.04 Å². The van der Waals surface area contributed by atoms with Gasteiger partial charge in [-0.2, -0.15) is 10.2 Å². The molecule has 0 aliphatic rings. The summed E-state index contributed by atoms with van der Waals surface area (Å²) >= 11 is 0. The van der Waals surface area contributed by atoms with Gasteiger partial charge in [-0.05, 0) is 26.0 Å². The Morgan fingerprint density at radius 1 is 1.27 bits per heavy atom. The van der Waals surface area contributed by atoms with Crippen LogP contribution >= 0.6 is 0 Å². The smallest absolute Gasteiger partial charge is 0.267 e. The molecule has 0 bridgehead atoms. The first-order valence-electron chi connectivity index (χ1n) is 6.85. The molecular formula is C14H17N5O3. The van der Waals surface area contributed by atoms with Gasteiger partial charge in [0.2, 0.25) is 5.91 Å². The van der Waals surface area contributed by atoms with E-state index in [1.165, 1.54) is 23.0 Å². The monoisotopic (exact) mass is 303 g/mol. The zero-order valence-electron chi connectivity index (χ0n) is 12.4. The Balaban J connectivity index is 1.97. The van der Waals surface area contributed by atoms with Gasteiger partial charge in [0, 0.05) is 24.9 Å². The lowest BCUT2D eigenvalue weighted by Crippen LogP contribution is -2.39. The van der Waals surface area contributed by atoms with E-state index in [-0.39, 0.29) is 30.1 Å². The predicted molar refractivity (Wildman–Crippen MR) is 79.5 cm³/mol. The number of aryl methyl sites for hydroxylation is 1. The van der Waals surface area contributed by atoms with Crippen molar-refractivity contribution < 1.29 is 4.79 Å². The molecule has 2 aromatic heterocycles. The number of nitrogens with one attached hydrogen (secondary N) is 1. The molecule has 1 unspecified atom stereocenters. The van der Waals surface area contributed by atoms with Crippen LogP contribution in [0.25, 0.3) is 0 Å². The van der Waals surface area contributed by atoms with E-state index in [4.69, 9.17) is 0 Å². The minimum atomic E-state index is -0.729. The van der Waals surface area contributed by atoms with Crippen LogP contribution in [0.15, 0.2) is 40.1 Å². The van der Waals surface area contributed by atoms with Crippen molar-refractivity contribution in [3.8, 4) is 0 Å². The molecular weight excluding hydrogens is 286 g/mol.